The lowest BCUT2D eigenvalue weighted by atomic mass is 10.0. The van der Waals surface area contributed by atoms with Gasteiger partial charge in [-0.15, -0.1) is 0 Å². The Morgan fingerprint density at radius 2 is 1.84 bits per heavy atom. The van der Waals surface area contributed by atoms with Crippen LogP contribution in [0.25, 0.3) is 11.1 Å². The molecule has 0 aliphatic carbocycles. The van der Waals surface area contributed by atoms with Gasteiger partial charge < -0.3 is 10.2 Å². The Kier molecular flexibility index (Phi) is 3.29. The maximum atomic E-state index is 13.4. The zero-order valence-electron chi connectivity index (χ0n) is 9.63. The minimum Gasteiger partial charge on any atom is -0.507 e. The maximum absolute atomic E-state index is 13.4. The molecule has 0 atom stereocenters. The van der Waals surface area contributed by atoms with Crippen LogP contribution in [0.3, 0.4) is 0 Å². The molecule has 0 bridgehead atoms. The zero-order valence-corrected chi connectivity index (χ0v) is 9.63. The summed E-state index contributed by atoms with van der Waals surface area (Å²) < 4.78 is 13.4. The highest BCUT2D eigenvalue weighted by Gasteiger charge is 2.10. The van der Waals surface area contributed by atoms with Crippen molar-refractivity contribution in [3.05, 3.63) is 53.3 Å². The van der Waals surface area contributed by atoms with Crippen molar-refractivity contribution in [3.63, 3.8) is 0 Å². The molecule has 19 heavy (non-hydrogen) atoms. The van der Waals surface area contributed by atoms with E-state index in [0.29, 0.717) is 17.4 Å². The zero-order chi connectivity index (χ0) is 14.0. The third kappa shape index (κ3) is 2.60. The molecule has 0 spiro atoms. The van der Waals surface area contributed by atoms with Crippen molar-refractivity contribution in [1.82, 2.24) is 0 Å². The summed E-state index contributed by atoms with van der Waals surface area (Å²) in [4.78, 5) is 21.6. The summed E-state index contributed by atoms with van der Waals surface area (Å²) in [7, 11) is 0. The van der Waals surface area contributed by atoms with E-state index in [1.165, 1.54) is 24.3 Å². The van der Waals surface area contributed by atoms with Crippen LogP contribution in [0.2, 0.25) is 0 Å². The number of phenols is 1. The number of benzene rings is 2. The van der Waals surface area contributed by atoms with Gasteiger partial charge in [0.05, 0.1) is 11.1 Å². The summed E-state index contributed by atoms with van der Waals surface area (Å²) in [5, 5.41) is 18.2. The number of carboxylic acids is 1. The third-order valence-corrected chi connectivity index (χ3v) is 2.63. The number of aldehydes is 1. The lowest BCUT2D eigenvalue weighted by Gasteiger charge is -2.06. The summed E-state index contributed by atoms with van der Waals surface area (Å²) in [5.74, 6) is -2.11. The highest BCUT2D eigenvalue weighted by atomic mass is 19.1. The van der Waals surface area contributed by atoms with E-state index in [1.54, 1.807) is 0 Å². The fraction of sp³-hybridized carbons (Fsp3) is 0. The maximum Gasteiger partial charge on any atom is 0.335 e. The molecule has 2 N–H and O–H groups in total. The molecular weight excluding hydrogens is 251 g/mol. The number of rotatable bonds is 3. The fourth-order valence-corrected chi connectivity index (χ4v) is 1.71. The number of aromatic carboxylic acids is 1. The molecular formula is C14H9FO4. The van der Waals surface area contributed by atoms with E-state index in [2.05, 4.69) is 0 Å². The van der Waals surface area contributed by atoms with Gasteiger partial charge in [0.1, 0.15) is 11.6 Å². The molecule has 0 aliphatic heterocycles. The summed E-state index contributed by atoms with van der Waals surface area (Å²) >= 11 is 0. The van der Waals surface area contributed by atoms with Gasteiger partial charge >= 0.3 is 5.97 Å². The number of carbonyl (C=O) groups is 2. The van der Waals surface area contributed by atoms with Crippen molar-refractivity contribution in [3.8, 4) is 16.9 Å². The lowest BCUT2D eigenvalue weighted by molar-refractivity contribution is 0.0696. The Balaban J connectivity index is 2.58. The average Bonchev–Trinajstić information content (AvgIpc) is 2.38. The van der Waals surface area contributed by atoms with Crippen LogP contribution in [0, 0.1) is 5.82 Å². The molecule has 2 rings (SSSR count). The Hall–Kier alpha value is -2.69. The van der Waals surface area contributed by atoms with Crippen LogP contribution in [0.5, 0.6) is 5.75 Å². The highest BCUT2D eigenvalue weighted by Crippen LogP contribution is 2.26. The van der Waals surface area contributed by atoms with Gasteiger partial charge in [-0.05, 0) is 41.5 Å². The van der Waals surface area contributed by atoms with E-state index in [-0.39, 0.29) is 16.9 Å². The molecule has 0 saturated heterocycles. The first-order valence-electron chi connectivity index (χ1n) is 5.33. The van der Waals surface area contributed by atoms with Crippen LogP contribution in [0.4, 0.5) is 4.39 Å². The minimum atomic E-state index is -1.24. The molecule has 0 radical (unpaired) electrons. The standard InChI is InChI=1S/C14H9FO4/c15-12-5-9(4-10(6-12)14(18)19)8-1-2-13(17)11(3-8)7-16/h1-7,17H,(H,18,19). The van der Waals surface area contributed by atoms with E-state index in [9.17, 15) is 19.1 Å². The van der Waals surface area contributed by atoms with Gasteiger partial charge in [0.25, 0.3) is 0 Å². The van der Waals surface area contributed by atoms with Crippen LogP contribution >= 0.6 is 0 Å². The number of hydrogen-bond donors (Lipinski definition) is 2. The molecule has 0 saturated carbocycles. The van der Waals surface area contributed by atoms with E-state index in [1.807, 2.05) is 0 Å². The summed E-state index contributed by atoms with van der Waals surface area (Å²) in [5.41, 5.74) is 0.636. The van der Waals surface area contributed by atoms with Crippen LogP contribution < -0.4 is 0 Å². The molecule has 0 unspecified atom stereocenters. The molecule has 4 nitrogen and oxygen atoms in total. The number of hydrogen-bond acceptors (Lipinski definition) is 3. The predicted molar refractivity (Wildman–Crippen MR) is 65.8 cm³/mol. The van der Waals surface area contributed by atoms with E-state index in [4.69, 9.17) is 5.11 Å². The Labute approximate surface area is 107 Å². The topological polar surface area (TPSA) is 74.6 Å². The minimum absolute atomic E-state index is 0.0543. The van der Waals surface area contributed by atoms with Gasteiger partial charge in [0, 0.05) is 0 Å². The summed E-state index contributed by atoms with van der Waals surface area (Å²) in [6.45, 7) is 0. The molecule has 0 aromatic heterocycles. The number of aromatic hydroxyl groups is 1. The summed E-state index contributed by atoms with van der Waals surface area (Å²) in [6, 6.07) is 7.50. The molecule has 2 aromatic carbocycles. The van der Waals surface area contributed by atoms with Gasteiger partial charge in [0.2, 0.25) is 0 Å². The molecule has 2 aromatic rings. The van der Waals surface area contributed by atoms with Crippen molar-refractivity contribution < 1.29 is 24.2 Å². The second kappa shape index (κ2) is 4.89. The molecule has 5 heteroatoms. The third-order valence-electron chi connectivity index (χ3n) is 2.63. The normalized spacial score (nSPS) is 10.2. The number of phenolic OH excluding ortho intramolecular Hbond substituents is 1. The van der Waals surface area contributed by atoms with Crippen molar-refractivity contribution in [2.24, 2.45) is 0 Å². The van der Waals surface area contributed by atoms with Crippen LogP contribution in [-0.4, -0.2) is 22.5 Å². The van der Waals surface area contributed by atoms with Crippen molar-refractivity contribution in [1.29, 1.82) is 0 Å². The summed E-state index contributed by atoms with van der Waals surface area (Å²) in [6.07, 6.45) is 0.468. The number of halogens is 1. The fourth-order valence-electron chi connectivity index (χ4n) is 1.71. The first-order valence-corrected chi connectivity index (χ1v) is 5.33. The second-order valence-corrected chi connectivity index (χ2v) is 3.93. The Morgan fingerprint density at radius 3 is 2.47 bits per heavy atom. The van der Waals surface area contributed by atoms with Gasteiger partial charge in [-0.25, -0.2) is 9.18 Å². The largest absolute Gasteiger partial charge is 0.507 e. The Bertz CT molecular complexity index is 664. The van der Waals surface area contributed by atoms with Crippen LogP contribution in [0.1, 0.15) is 20.7 Å². The first-order chi connectivity index (χ1) is 9.01. The first kappa shape index (κ1) is 12.8. The van der Waals surface area contributed by atoms with Crippen LogP contribution in [0.15, 0.2) is 36.4 Å². The molecule has 0 aliphatic rings. The number of carboxylic acid groups (broad SMARTS) is 1. The predicted octanol–water partition coefficient (Wildman–Crippen LogP) is 2.71. The molecule has 0 heterocycles. The monoisotopic (exact) mass is 260 g/mol. The van der Waals surface area contributed by atoms with Crippen molar-refractivity contribution in [2.45, 2.75) is 0 Å². The smallest absolute Gasteiger partial charge is 0.335 e. The van der Waals surface area contributed by atoms with Crippen molar-refractivity contribution >= 4 is 12.3 Å². The number of carbonyl (C=O) groups excluding carboxylic acids is 1. The average molecular weight is 260 g/mol. The van der Waals surface area contributed by atoms with E-state index in [0.717, 1.165) is 12.1 Å². The van der Waals surface area contributed by atoms with Gasteiger partial charge in [-0.3, -0.25) is 4.79 Å². The van der Waals surface area contributed by atoms with Gasteiger partial charge in [-0.1, -0.05) is 6.07 Å². The quantitative estimate of drug-likeness (QED) is 0.832. The van der Waals surface area contributed by atoms with E-state index < -0.39 is 11.8 Å². The van der Waals surface area contributed by atoms with Crippen LogP contribution in [-0.2, 0) is 0 Å². The Morgan fingerprint density at radius 1 is 1.11 bits per heavy atom. The molecule has 0 fully saturated rings. The van der Waals surface area contributed by atoms with Gasteiger partial charge in [0.15, 0.2) is 6.29 Å². The SMILES string of the molecule is O=Cc1cc(-c2cc(F)cc(C(=O)O)c2)ccc1O. The second-order valence-electron chi connectivity index (χ2n) is 3.93. The van der Waals surface area contributed by atoms with E-state index >= 15 is 0 Å². The highest BCUT2D eigenvalue weighted by molar-refractivity contribution is 5.90. The van der Waals surface area contributed by atoms with Crippen molar-refractivity contribution in [2.75, 3.05) is 0 Å². The lowest BCUT2D eigenvalue weighted by Crippen LogP contribution is -1.97. The molecule has 0 amide bonds. The van der Waals surface area contributed by atoms with Gasteiger partial charge in [-0.2, -0.15) is 0 Å². The molecule has 96 valence electrons.